The molecule has 1 fully saturated rings. The highest BCUT2D eigenvalue weighted by atomic mass is 16.3. The van der Waals surface area contributed by atoms with E-state index in [-0.39, 0.29) is 17.9 Å². The molecule has 2 amide bonds. The number of nitrogens with one attached hydrogen (secondary N) is 1. The molecule has 1 N–H and O–H groups in total. The van der Waals surface area contributed by atoms with Crippen LogP contribution in [-0.2, 0) is 0 Å². The molecule has 0 atom stereocenters. The number of aromatic nitrogens is 2. The molecule has 3 heterocycles. The van der Waals surface area contributed by atoms with Crippen molar-refractivity contribution in [3.05, 3.63) is 71.9 Å². The highest BCUT2D eigenvalue weighted by Crippen LogP contribution is 2.17. The zero-order chi connectivity index (χ0) is 19.5. The number of para-hydroxylation sites is 1. The second-order valence-corrected chi connectivity index (χ2v) is 6.94. The van der Waals surface area contributed by atoms with Gasteiger partial charge in [-0.2, -0.15) is 5.10 Å². The molecule has 7 heteroatoms. The minimum Gasteiger partial charge on any atom is -0.472 e. The Morgan fingerprint density at radius 2 is 1.89 bits per heavy atom. The van der Waals surface area contributed by atoms with Crippen LogP contribution in [0.3, 0.4) is 0 Å². The first-order valence-corrected chi connectivity index (χ1v) is 9.36. The summed E-state index contributed by atoms with van der Waals surface area (Å²) in [5, 5.41) is 7.44. The second kappa shape index (κ2) is 7.72. The highest BCUT2D eigenvalue weighted by Gasteiger charge is 2.26. The quantitative estimate of drug-likeness (QED) is 0.757. The molecule has 144 valence electrons. The van der Waals surface area contributed by atoms with Crippen molar-refractivity contribution in [1.29, 1.82) is 0 Å². The van der Waals surface area contributed by atoms with E-state index in [1.54, 1.807) is 21.8 Å². The first kappa shape index (κ1) is 18.0. The Balaban J connectivity index is 1.36. The van der Waals surface area contributed by atoms with Crippen molar-refractivity contribution in [2.75, 3.05) is 13.1 Å². The summed E-state index contributed by atoms with van der Waals surface area (Å²) < 4.78 is 6.75. The maximum Gasteiger partial charge on any atom is 0.257 e. The predicted octanol–water partition coefficient (Wildman–Crippen LogP) is 2.81. The van der Waals surface area contributed by atoms with Gasteiger partial charge in [0.05, 0.1) is 35.0 Å². The molecule has 1 aromatic carbocycles. The van der Waals surface area contributed by atoms with E-state index >= 15 is 0 Å². The number of benzene rings is 1. The van der Waals surface area contributed by atoms with Crippen molar-refractivity contribution in [2.45, 2.75) is 25.8 Å². The SMILES string of the molecule is Cc1c(C(=O)NC2CCN(C(=O)c3ccoc3)CC2)cnn1-c1ccccc1. The number of likely N-dealkylation sites (tertiary alicyclic amines) is 1. The standard InChI is InChI=1S/C21H22N4O3/c1-15-19(13-22-25(15)18-5-3-2-4-6-18)20(26)23-17-7-10-24(11-8-17)21(27)16-9-12-28-14-16/h2-6,9,12-14,17H,7-8,10-11H2,1H3,(H,23,26). The van der Waals surface area contributed by atoms with Gasteiger partial charge in [-0.05, 0) is 38.0 Å². The summed E-state index contributed by atoms with van der Waals surface area (Å²) in [7, 11) is 0. The number of piperidine rings is 1. The zero-order valence-corrected chi connectivity index (χ0v) is 15.7. The van der Waals surface area contributed by atoms with E-state index in [9.17, 15) is 9.59 Å². The lowest BCUT2D eigenvalue weighted by atomic mass is 10.0. The van der Waals surface area contributed by atoms with Gasteiger partial charge in [-0.1, -0.05) is 18.2 Å². The van der Waals surface area contributed by atoms with Gasteiger partial charge >= 0.3 is 0 Å². The normalized spacial score (nSPS) is 14.8. The molecule has 0 aliphatic carbocycles. The van der Waals surface area contributed by atoms with E-state index in [1.807, 2.05) is 37.3 Å². The molecule has 0 spiro atoms. The first-order chi connectivity index (χ1) is 13.6. The monoisotopic (exact) mass is 378 g/mol. The summed E-state index contributed by atoms with van der Waals surface area (Å²) in [6.45, 7) is 3.11. The Morgan fingerprint density at radius 1 is 1.14 bits per heavy atom. The van der Waals surface area contributed by atoms with Crippen molar-refractivity contribution in [2.24, 2.45) is 0 Å². The van der Waals surface area contributed by atoms with Crippen LogP contribution in [0.15, 0.2) is 59.5 Å². The maximum atomic E-state index is 12.7. The fourth-order valence-electron chi connectivity index (χ4n) is 3.52. The number of nitrogens with zero attached hydrogens (tertiary/aromatic N) is 3. The van der Waals surface area contributed by atoms with Crippen molar-refractivity contribution >= 4 is 11.8 Å². The number of carbonyl (C=O) groups excluding carboxylic acids is 2. The lowest BCUT2D eigenvalue weighted by Gasteiger charge is -2.32. The van der Waals surface area contributed by atoms with Gasteiger partial charge in [0.15, 0.2) is 0 Å². The van der Waals surface area contributed by atoms with Gasteiger partial charge in [-0.25, -0.2) is 4.68 Å². The fraction of sp³-hybridized carbons (Fsp3) is 0.286. The Hall–Kier alpha value is -3.35. The van der Waals surface area contributed by atoms with E-state index in [1.165, 1.54) is 12.5 Å². The van der Waals surface area contributed by atoms with Gasteiger partial charge in [0.1, 0.15) is 6.26 Å². The number of hydrogen-bond acceptors (Lipinski definition) is 4. The van der Waals surface area contributed by atoms with E-state index in [0.717, 1.165) is 24.2 Å². The number of hydrogen-bond donors (Lipinski definition) is 1. The van der Waals surface area contributed by atoms with Crippen LogP contribution < -0.4 is 5.32 Å². The largest absolute Gasteiger partial charge is 0.472 e. The van der Waals surface area contributed by atoms with Crippen LogP contribution in [0.25, 0.3) is 5.69 Å². The summed E-state index contributed by atoms with van der Waals surface area (Å²) in [6, 6.07) is 11.4. The topological polar surface area (TPSA) is 80.4 Å². The lowest BCUT2D eigenvalue weighted by Crippen LogP contribution is -2.46. The lowest BCUT2D eigenvalue weighted by molar-refractivity contribution is 0.0697. The van der Waals surface area contributed by atoms with Gasteiger partial charge < -0.3 is 14.6 Å². The molecule has 0 bridgehead atoms. The maximum absolute atomic E-state index is 12.7. The summed E-state index contributed by atoms with van der Waals surface area (Å²) >= 11 is 0. The first-order valence-electron chi connectivity index (χ1n) is 9.36. The Morgan fingerprint density at radius 3 is 2.57 bits per heavy atom. The molecular formula is C21H22N4O3. The average Bonchev–Trinajstić information content (AvgIpc) is 3.39. The van der Waals surface area contributed by atoms with Crippen molar-refractivity contribution in [3.63, 3.8) is 0 Å². The van der Waals surface area contributed by atoms with E-state index in [0.29, 0.717) is 24.2 Å². The molecule has 4 rings (SSSR count). The second-order valence-electron chi connectivity index (χ2n) is 6.94. The highest BCUT2D eigenvalue weighted by molar-refractivity contribution is 5.95. The molecule has 7 nitrogen and oxygen atoms in total. The molecule has 1 aliphatic heterocycles. The third kappa shape index (κ3) is 3.55. The van der Waals surface area contributed by atoms with Crippen LogP contribution in [0.5, 0.6) is 0 Å². The molecular weight excluding hydrogens is 356 g/mol. The summed E-state index contributed by atoms with van der Waals surface area (Å²) in [5.41, 5.74) is 2.86. The minimum absolute atomic E-state index is 0.0292. The summed E-state index contributed by atoms with van der Waals surface area (Å²) in [6.07, 6.45) is 6.01. The average molecular weight is 378 g/mol. The molecule has 0 unspecified atom stereocenters. The predicted molar refractivity (Wildman–Crippen MR) is 103 cm³/mol. The molecule has 2 aromatic heterocycles. The van der Waals surface area contributed by atoms with Crippen molar-refractivity contribution in [3.8, 4) is 5.69 Å². The van der Waals surface area contributed by atoms with Crippen LogP contribution in [0.2, 0.25) is 0 Å². The number of furan rings is 1. The number of rotatable bonds is 4. The number of carbonyl (C=O) groups is 2. The van der Waals surface area contributed by atoms with Gasteiger partial charge in [0.2, 0.25) is 0 Å². The Labute approximate surface area is 162 Å². The third-order valence-electron chi connectivity index (χ3n) is 5.14. The summed E-state index contributed by atoms with van der Waals surface area (Å²) in [4.78, 5) is 26.9. The van der Waals surface area contributed by atoms with Crippen molar-refractivity contribution < 1.29 is 14.0 Å². The molecule has 0 radical (unpaired) electrons. The summed E-state index contributed by atoms with van der Waals surface area (Å²) in [5.74, 6) is -0.155. The molecule has 28 heavy (non-hydrogen) atoms. The van der Waals surface area contributed by atoms with Gasteiger partial charge in [0.25, 0.3) is 11.8 Å². The molecule has 1 saturated heterocycles. The van der Waals surface area contributed by atoms with Gasteiger partial charge in [0, 0.05) is 19.1 Å². The molecule has 3 aromatic rings. The molecule has 0 saturated carbocycles. The van der Waals surface area contributed by atoms with E-state index in [4.69, 9.17) is 4.42 Å². The minimum atomic E-state index is -0.126. The van der Waals surface area contributed by atoms with Crippen molar-refractivity contribution in [1.82, 2.24) is 20.0 Å². The molecule has 1 aliphatic rings. The fourth-order valence-corrected chi connectivity index (χ4v) is 3.52. The van der Waals surface area contributed by atoms with E-state index < -0.39 is 0 Å². The van der Waals surface area contributed by atoms with Crippen LogP contribution in [0.1, 0.15) is 39.3 Å². The Bertz CT molecular complexity index is 955. The van der Waals surface area contributed by atoms with Crippen LogP contribution in [-0.4, -0.2) is 45.6 Å². The van der Waals surface area contributed by atoms with Crippen LogP contribution >= 0.6 is 0 Å². The zero-order valence-electron chi connectivity index (χ0n) is 15.7. The van der Waals surface area contributed by atoms with E-state index in [2.05, 4.69) is 10.4 Å². The van der Waals surface area contributed by atoms with Gasteiger partial charge in [-0.15, -0.1) is 0 Å². The van der Waals surface area contributed by atoms with Gasteiger partial charge in [-0.3, -0.25) is 9.59 Å². The Kier molecular flexibility index (Phi) is 4.97. The third-order valence-corrected chi connectivity index (χ3v) is 5.14. The number of amides is 2. The smallest absolute Gasteiger partial charge is 0.257 e. The van der Waals surface area contributed by atoms with Crippen LogP contribution in [0, 0.1) is 6.92 Å². The van der Waals surface area contributed by atoms with Crippen LogP contribution in [0.4, 0.5) is 0 Å².